The highest BCUT2D eigenvalue weighted by Crippen LogP contribution is 2.19. The summed E-state index contributed by atoms with van der Waals surface area (Å²) in [6, 6.07) is 7.25. The molecule has 2 nitrogen and oxygen atoms in total. The molecular weight excluding hydrogens is 215 g/mol. The Morgan fingerprint density at radius 2 is 2.06 bits per heavy atom. The number of nitrogens with one attached hydrogen (secondary N) is 1. The molecule has 2 atom stereocenters. The number of anilines is 1. The Labute approximate surface area is 103 Å². The first-order valence-electron chi connectivity index (χ1n) is 6.37. The average molecular weight is 236 g/mol. The summed E-state index contributed by atoms with van der Waals surface area (Å²) in [5.74, 6) is 0.540. The number of benzene rings is 1. The van der Waals surface area contributed by atoms with E-state index in [2.05, 4.69) is 24.2 Å². The number of halogens is 1. The molecule has 1 saturated heterocycles. The molecule has 1 aliphatic heterocycles. The van der Waals surface area contributed by atoms with Crippen molar-refractivity contribution in [3.05, 3.63) is 30.1 Å². The second-order valence-corrected chi connectivity index (χ2v) is 5.04. The normalized spacial score (nSPS) is 24.6. The Balaban J connectivity index is 1.95. The molecule has 0 aliphatic carbocycles. The molecule has 1 N–H and O–H groups in total. The van der Waals surface area contributed by atoms with Crippen LogP contribution in [-0.2, 0) is 0 Å². The lowest BCUT2D eigenvalue weighted by atomic mass is 9.92. The molecule has 1 aromatic carbocycles. The van der Waals surface area contributed by atoms with Crippen LogP contribution in [0, 0.1) is 11.7 Å². The zero-order chi connectivity index (χ0) is 12.3. The van der Waals surface area contributed by atoms with Crippen molar-refractivity contribution in [3.63, 3.8) is 0 Å². The monoisotopic (exact) mass is 236 g/mol. The Morgan fingerprint density at radius 3 is 2.71 bits per heavy atom. The van der Waals surface area contributed by atoms with Crippen LogP contribution in [0.15, 0.2) is 24.3 Å². The zero-order valence-electron chi connectivity index (χ0n) is 10.6. The maximum absolute atomic E-state index is 12.8. The molecule has 0 spiro atoms. The van der Waals surface area contributed by atoms with Gasteiger partial charge < -0.3 is 10.2 Å². The van der Waals surface area contributed by atoms with Crippen molar-refractivity contribution in [2.45, 2.75) is 25.8 Å². The van der Waals surface area contributed by atoms with Crippen molar-refractivity contribution in [3.8, 4) is 0 Å². The van der Waals surface area contributed by atoms with Gasteiger partial charge in [-0.2, -0.15) is 0 Å². The van der Waals surface area contributed by atoms with Gasteiger partial charge in [0.25, 0.3) is 0 Å². The Hall–Kier alpha value is -1.09. The lowest BCUT2D eigenvalue weighted by Crippen LogP contribution is -2.47. The summed E-state index contributed by atoms with van der Waals surface area (Å²) >= 11 is 0. The maximum Gasteiger partial charge on any atom is 0.123 e. The van der Waals surface area contributed by atoms with Gasteiger partial charge in [0, 0.05) is 25.3 Å². The lowest BCUT2D eigenvalue weighted by molar-refractivity contribution is 0.303. The quantitative estimate of drug-likeness (QED) is 0.868. The fraction of sp³-hybridized carbons (Fsp3) is 0.571. The highest BCUT2D eigenvalue weighted by molar-refractivity contribution is 5.45. The van der Waals surface area contributed by atoms with Crippen molar-refractivity contribution >= 4 is 5.69 Å². The summed E-state index contributed by atoms with van der Waals surface area (Å²) in [5.41, 5.74) is 1.07. The van der Waals surface area contributed by atoms with E-state index in [-0.39, 0.29) is 5.82 Å². The van der Waals surface area contributed by atoms with Crippen LogP contribution in [0.3, 0.4) is 0 Å². The van der Waals surface area contributed by atoms with Crippen LogP contribution < -0.4 is 10.2 Å². The molecule has 3 heteroatoms. The number of hydrogen-bond donors (Lipinski definition) is 1. The fourth-order valence-corrected chi connectivity index (χ4v) is 2.45. The maximum atomic E-state index is 12.8. The Bertz CT molecular complexity index is 350. The van der Waals surface area contributed by atoms with E-state index >= 15 is 0 Å². The predicted molar refractivity (Wildman–Crippen MR) is 69.9 cm³/mol. The third-order valence-electron chi connectivity index (χ3n) is 3.67. The van der Waals surface area contributed by atoms with Gasteiger partial charge in [0.15, 0.2) is 0 Å². The van der Waals surface area contributed by atoms with E-state index in [1.165, 1.54) is 25.0 Å². The number of rotatable bonds is 3. The third-order valence-corrected chi connectivity index (χ3v) is 3.67. The van der Waals surface area contributed by atoms with Crippen molar-refractivity contribution in [2.75, 3.05) is 25.0 Å². The molecule has 0 saturated carbocycles. The summed E-state index contributed by atoms with van der Waals surface area (Å²) in [5, 5.41) is 3.57. The minimum absolute atomic E-state index is 0.175. The van der Waals surface area contributed by atoms with E-state index in [9.17, 15) is 4.39 Å². The Morgan fingerprint density at radius 1 is 1.35 bits per heavy atom. The molecule has 0 aromatic heterocycles. The van der Waals surface area contributed by atoms with E-state index in [0.717, 1.165) is 18.8 Å². The number of piperidine rings is 1. The van der Waals surface area contributed by atoms with Crippen molar-refractivity contribution in [1.29, 1.82) is 0 Å². The van der Waals surface area contributed by atoms with E-state index in [4.69, 9.17) is 0 Å². The highest BCUT2D eigenvalue weighted by atomic mass is 19.1. The molecule has 2 unspecified atom stereocenters. The number of nitrogens with zero attached hydrogens (tertiary/aromatic N) is 1. The SMILES string of the molecule is CC1CCCNC1CN(C)c1ccc(F)cc1. The summed E-state index contributed by atoms with van der Waals surface area (Å²) in [6.45, 7) is 4.40. The van der Waals surface area contributed by atoms with Gasteiger partial charge in [0.05, 0.1) is 0 Å². The first kappa shape index (κ1) is 12.4. The summed E-state index contributed by atoms with van der Waals surface area (Å²) in [4.78, 5) is 2.19. The van der Waals surface area contributed by atoms with E-state index in [0.29, 0.717) is 12.0 Å². The molecule has 2 rings (SSSR count). The second-order valence-electron chi connectivity index (χ2n) is 5.04. The molecule has 1 heterocycles. The van der Waals surface area contributed by atoms with Gasteiger partial charge in [-0.05, 0) is 49.6 Å². The van der Waals surface area contributed by atoms with Gasteiger partial charge in [0.2, 0.25) is 0 Å². The molecule has 0 amide bonds. The lowest BCUT2D eigenvalue weighted by Gasteiger charge is -2.34. The topological polar surface area (TPSA) is 15.3 Å². The largest absolute Gasteiger partial charge is 0.373 e. The van der Waals surface area contributed by atoms with Gasteiger partial charge in [-0.1, -0.05) is 6.92 Å². The number of likely N-dealkylation sites (N-methyl/N-ethyl adjacent to an activating group) is 1. The minimum Gasteiger partial charge on any atom is -0.373 e. The summed E-state index contributed by atoms with van der Waals surface area (Å²) < 4.78 is 12.8. The van der Waals surface area contributed by atoms with Crippen LogP contribution in [0.2, 0.25) is 0 Å². The van der Waals surface area contributed by atoms with Crippen LogP contribution in [0.5, 0.6) is 0 Å². The van der Waals surface area contributed by atoms with E-state index in [1.807, 2.05) is 12.1 Å². The summed E-state index contributed by atoms with van der Waals surface area (Å²) in [7, 11) is 2.07. The average Bonchev–Trinajstić information content (AvgIpc) is 2.33. The van der Waals surface area contributed by atoms with Crippen LogP contribution >= 0.6 is 0 Å². The molecule has 17 heavy (non-hydrogen) atoms. The third kappa shape index (κ3) is 3.19. The molecule has 1 aromatic rings. The highest BCUT2D eigenvalue weighted by Gasteiger charge is 2.21. The fourth-order valence-electron chi connectivity index (χ4n) is 2.45. The van der Waals surface area contributed by atoms with E-state index < -0.39 is 0 Å². The summed E-state index contributed by atoms with van der Waals surface area (Å²) in [6.07, 6.45) is 2.58. The number of hydrogen-bond acceptors (Lipinski definition) is 2. The first-order valence-corrected chi connectivity index (χ1v) is 6.37. The molecule has 94 valence electrons. The standard InChI is InChI=1S/C14H21FN2/c1-11-4-3-9-16-14(11)10-17(2)13-7-5-12(15)6-8-13/h5-8,11,14,16H,3-4,9-10H2,1-2H3. The predicted octanol–water partition coefficient (Wildman–Crippen LogP) is 2.65. The van der Waals surface area contributed by atoms with Gasteiger partial charge in [-0.15, -0.1) is 0 Å². The van der Waals surface area contributed by atoms with Crippen LogP contribution in [0.4, 0.5) is 10.1 Å². The molecular formula is C14H21FN2. The Kier molecular flexibility index (Phi) is 4.00. The van der Waals surface area contributed by atoms with Crippen LogP contribution in [0.1, 0.15) is 19.8 Å². The second kappa shape index (κ2) is 5.50. The molecule has 1 fully saturated rings. The van der Waals surface area contributed by atoms with Crippen molar-refractivity contribution < 1.29 is 4.39 Å². The van der Waals surface area contributed by atoms with Crippen LogP contribution in [0.25, 0.3) is 0 Å². The minimum atomic E-state index is -0.175. The van der Waals surface area contributed by atoms with Crippen molar-refractivity contribution in [1.82, 2.24) is 5.32 Å². The van der Waals surface area contributed by atoms with Gasteiger partial charge in [-0.3, -0.25) is 0 Å². The smallest absolute Gasteiger partial charge is 0.123 e. The zero-order valence-corrected chi connectivity index (χ0v) is 10.6. The van der Waals surface area contributed by atoms with Crippen molar-refractivity contribution in [2.24, 2.45) is 5.92 Å². The van der Waals surface area contributed by atoms with E-state index in [1.54, 1.807) is 0 Å². The first-order chi connectivity index (χ1) is 8.16. The van der Waals surface area contributed by atoms with Crippen LogP contribution in [-0.4, -0.2) is 26.2 Å². The van der Waals surface area contributed by atoms with Gasteiger partial charge >= 0.3 is 0 Å². The molecule has 1 aliphatic rings. The van der Waals surface area contributed by atoms with Gasteiger partial charge in [0.1, 0.15) is 5.82 Å². The molecule has 0 bridgehead atoms. The van der Waals surface area contributed by atoms with Gasteiger partial charge in [-0.25, -0.2) is 4.39 Å². The molecule has 0 radical (unpaired) electrons.